The smallest absolute Gasteiger partial charge is 0.0452 e. The summed E-state index contributed by atoms with van der Waals surface area (Å²) < 4.78 is 2.52. The van der Waals surface area contributed by atoms with Crippen molar-refractivity contribution in [2.24, 2.45) is 11.1 Å². The molecule has 3 nitrogen and oxygen atoms in total. The Balaban J connectivity index is 2.07. The number of fused-ring (bicyclic) bond motifs is 1. The molecule has 0 aromatic carbocycles. The molecular weight excluding hydrogens is 258 g/mol. The zero-order valence-corrected chi connectivity index (χ0v) is 14.3. The second-order valence-corrected chi connectivity index (χ2v) is 8.16. The van der Waals surface area contributed by atoms with Crippen molar-refractivity contribution in [2.45, 2.75) is 84.8 Å². The minimum atomic E-state index is 0.194. The maximum atomic E-state index is 6.47. The topological polar surface area (TPSA) is 34.2 Å². The van der Waals surface area contributed by atoms with E-state index in [1.165, 1.54) is 36.2 Å². The SMILES string of the molecule is Cc1cc2c(n1N1C(C)CCCC1C)CC(C)(C)CC2N. The Morgan fingerprint density at radius 3 is 2.43 bits per heavy atom. The van der Waals surface area contributed by atoms with Gasteiger partial charge in [0, 0.05) is 29.5 Å². The maximum absolute atomic E-state index is 6.47. The zero-order valence-electron chi connectivity index (χ0n) is 14.3. The Bertz CT molecular complexity index is 519. The van der Waals surface area contributed by atoms with Crippen LogP contribution < -0.4 is 10.7 Å². The molecule has 2 heterocycles. The predicted molar refractivity (Wildman–Crippen MR) is 89.2 cm³/mol. The van der Waals surface area contributed by atoms with E-state index in [4.69, 9.17) is 5.73 Å². The summed E-state index contributed by atoms with van der Waals surface area (Å²) >= 11 is 0. The molecule has 1 fully saturated rings. The van der Waals surface area contributed by atoms with Gasteiger partial charge in [-0.3, -0.25) is 4.68 Å². The molecule has 1 aromatic heterocycles. The normalized spacial score (nSPS) is 32.1. The van der Waals surface area contributed by atoms with Crippen LogP contribution in [0.25, 0.3) is 0 Å². The molecule has 3 unspecified atom stereocenters. The van der Waals surface area contributed by atoms with Gasteiger partial charge in [0.1, 0.15) is 0 Å². The van der Waals surface area contributed by atoms with E-state index in [0.717, 1.165) is 12.8 Å². The second-order valence-electron chi connectivity index (χ2n) is 8.16. The first-order valence-electron chi connectivity index (χ1n) is 8.55. The van der Waals surface area contributed by atoms with Crippen LogP contribution in [0, 0.1) is 12.3 Å². The van der Waals surface area contributed by atoms with Crippen LogP contribution in [0.15, 0.2) is 6.07 Å². The van der Waals surface area contributed by atoms with Crippen molar-refractivity contribution >= 4 is 0 Å². The Labute approximate surface area is 129 Å². The van der Waals surface area contributed by atoms with Crippen molar-refractivity contribution in [1.82, 2.24) is 4.68 Å². The molecule has 0 spiro atoms. The number of aromatic nitrogens is 1. The number of nitrogens with two attached hydrogens (primary N) is 1. The van der Waals surface area contributed by atoms with Crippen molar-refractivity contribution in [3.63, 3.8) is 0 Å². The Morgan fingerprint density at radius 2 is 1.81 bits per heavy atom. The van der Waals surface area contributed by atoms with Crippen molar-refractivity contribution in [1.29, 1.82) is 0 Å². The molecule has 1 saturated heterocycles. The van der Waals surface area contributed by atoms with E-state index in [1.54, 1.807) is 0 Å². The van der Waals surface area contributed by atoms with E-state index in [0.29, 0.717) is 17.5 Å². The standard InChI is InChI=1S/C18H31N3/c1-12-7-6-8-13(2)20(12)21-14(3)9-15-16(19)10-18(4,5)11-17(15)21/h9,12-13,16H,6-8,10-11,19H2,1-5H3. The minimum absolute atomic E-state index is 0.194. The van der Waals surface area contributed by atoms with Crippen molar-refractivity contribution in [3.05, 3.63) is 23.0 Å². The van der Waals surface area contributed by atoms with Gasteiger partial charge in [-0.15, -0.1) is 0 Å². The van der Waals surface area contributed by atoms with E-state index >= 15 is 0 Å². The summed E-state index contributed by atoms with van der Waals surface area (Å²) in [6.45, 7) is 11.7. The summed E-state index contributed by atoms with van der Waals surface area (Å²) in [4.78, 5) is 0. The molecule has 1 aromatic rings. The molecule has 0 radical (unpaired) electrons. The van der Waals surface area contributed by atoms with Gasteiger partial charge in [-0.1, -0.05) is 13.8 Å². The van der Waals surface area contributed by atoms with Gasteiger partial charge >= 0.3 is 0 Å². The summed E-state index contributed by atoms with van der Waals surface area (Å²) in [6, 6.07) is 3.76. The van der Waals surface area contributed by atoms with E-state index in [9.17, 15) is 0 Å². The lowest BCUT2D eigenvalue weighted by atomic mass is 9.75. The first-order valence-corrected chi connectivity index (χ1v) is 8.55. The maximum Gasteiger partial charge on any atom is 0.0452 e. The molecule has 3 atom stereocenters. The monoisotopic (exact) mass is 289 g/mol. The van der Waals surface area contributed by atoms with Gasteiger partial charge in [0.15, 0.2) is 0 Å². The largest absolute Gasteiger partial charge is 0.324 e. The highest BCUT2D eigenvalue weighted by Gasteiger charge is 2.36. The van der Waals surface area contributed by atoms with Gasteiger partial charge in [-0.05, 0) is 69.9 Å². The average molecular weight is 289 g/mol. The lowest BCUT2D eigenvalue weighted by Crippen LogP contribution is -2.52. The highest BCUT2D eigenvalue weighted by molar-refractivity contribution is 5.36. The molecule has 118 valence electrons. The van der Waals surface area contributed by atoms with Crippen LogP contribution in [0.1, 0.15) is 76.4 Å². The predicted octanol–water partition coefficient (Wildman–Crippen LogP) is 3.67. The van der Waals surface area contributed by atoms with Crippen LogP contribution in [0.4, 0.5) is 0 Å². The average Bonchev–Trinajstić information content (AvgIpc) is 2.66. The van der Waals surface area contributed by atoms with Gasteiger partial charge < -0.3 is 10.7 Å². The summed E-state index contributed by atoms with van der Waals surface area (Å²) in [5, 5.41) is 2.62. The molecule has 0 bridgehead atoms. The summed E-state index contributed by atoms with van der Waals surface area (Å²) in [7, 11) is 0. The van der Waals surface area contributed by atoms with Crippen LogP contribution in [0.3, 0.4) is 0 Å². The third-order valence-corrected chi connectivity index (χ3v) is 5.48. The van der Waals surface area contributed by atoms with E-state index < -0.39 is 0 Å². The summed E-state index contributed by atoms with van der Waals surface area (Å²) in [6.07, 6.45) is 6.18. The highest BCUT2D eigenvalue weighted by atomic mass is 15.6. The summed E-state index contributed by atoms with van der Waals surface area (Å²) in [5.41, 5.74) is 11.0. The quantitative estimate of drug-likeness (QED) is 0.856. The molecule has 2 N–H and O–H groups in total. The molecular formula is C18H31N3. The van der Waals surface area contributed by atoms with Crippen LogP contribution in [-0.4, -0.2) is 16.8 Å². The number of aryl methyl sites for hydroxylation is 1. The first-order chi connectivity index (χ1) is 9.80. The lowest BCUT2D eigenvalue weighted by Gasteiger charge is -2.45. The zero-order chi connectivity index (χ0) is 15.4. The van der Waals surface area contributed by atoms with Gasteiger partial charge in [-0.2, -0.15) is 0 Å². The van der Waals surface area contributed by atoms with E-state index in [-0.39, 0.29) is 6.04 Å². The third kappa shape index (κ3) is 2.50. The minimum Gasteiger partial charge on any atom is -0.324 e. The molecule has 2 aliphatic rings. The summed E-state index contributed by atoms with van der Waals surface area (Å²) in [5.74, 6) is 0. The van der Waals surface area contributed by atoms with Gasteiger partial charge in [0.25, 0.3) is 0 Å². The van der Waals surface area contributed by atoms with Gasteiger partial charge in [-0.25, -0.2) is 0 Å². The fraction of sp³-hybridized carbons (Fsp3) is 0.778. The van der Waals surface area contributed by atoms with Gasteiger partial charge in [0.05, 0.1) is 0 Å². The van der Waals surface area contributed by atoms with Crippen molar-refractivity contribution < 1.29 is 0 Å². The Hall–Kier alpha value is -0.960. The third-order valence-electron chi connectivity index (χ3n) is 5.48. The lowest BCUT2D eigenvalue weighted by molar-refractivity contribution is 0.263. The van der Waals surface area contributed by atoms with Gasteiger partial charge in [0.2, 0.25) is 0 Å². The fourth-order valence-corrected chi connectivity index (χ4v) is 4.56. The Kier molecular flexibility index (Phi) is 3.59. The van der Waals surface area contributed by atoms with Crippen LogP contribution in [-0.2, 0) is 6.42 Å². The molecule has 3 rings (SSSR count). The number of hydrogen-bond acceptors (Lipinski definition) is 2. The number of nitrogens with zero attached hydrogens (tertiary/aromatic N) is 2. The first kappa shape index (κ1) is 15.0. The van der Waals surface area contributed by atoms with Crippen LogP contribution >= 0.6 is 0 Å². The molecule has 0 amide bonds. The molecule has 0 saturated carbocycles. The highest BCUT2D eigenvalue weighted by Crippen LogP contribution is 2.41. The molecule has 1 aliphatic carbocycles. The van der Waals surface area contributed by atoms with E-state index in [2.05, 4.69) is 50.4 Å². The van der Waals surface area contributed by atoms with Crippen molar-refractivity contribution in [3.8, 4) is 0 Å². The number of piperidine rings is 1. The van der Waals surface area contributed by atoms with Crippen LogP contribution in [0.2, 0.25) is 0 Å². The molecule has 1 aliphatic heterocycles. The van der Waals surface area contributed by atoms with Crippen molar-refractivity contribution in [2.75, 3.05) is 5.01 Å². The molecule has 21 heavy (non-hydrogen) atoms. The second kappa shape index (κ2) is 5.05. The van der Waals surface area contributed by atoms with Crippen LogP contribution in [0.5, 0.6) is 0 Å². The number of rotatable bonds is 1. The fourth-order valence-electron chi connectivity index (χ4n) is 4.56. The Morgan fingerprint density at radius 1 is 1.19 bits per heavy atom. The molecule has 3 heteroatoms. The number of hydrogen-bond donors (Lipinski definition) is 1. The van der Waals surface area contributed by atoms with E-state index in [1.807, 2.05) is 0 Å².